The van der Waals surface area contributed by atoms with Crippen molar-refractivity contribution >= 4 is 33.4 Å². The number of carbonyl (C=O) groups is 2. The summed E-state index contributed by atoms with van der Waals surface area (Å²) < 4.78 is 32.3. The molecule has 0 bridgehead atoms. The molecule has 2 amide bonds. The van der Waals surface area contributed by atoms with Gasteiger partial charge in [-0.25, -0.2) is 4.79 Å². The van der Waals surface area contributed by atoms with E-state index in [1.54, 1.807) is 28.0 Å². The van der Waals surface area contributed by atoms with Crippen LogP contribution < -0.4 is 9.80 Å². The van der Waals surface area contributed by atoms with Gasteiger partial charge in [0.1, 0.15) is 6.10 Å². The number of anilines is 2. The SMILES string of the molecule is CC(=O)N1c2ccc(-c3ccc(S(=O)(=O)n4cccn4)cc3)cc2N(C(=O)OC2CCCCC2)CC1C. The van der Waals surface area contributed by atoms with Crippen LogP contribution in [0.25, 0.3) is 11.1 Å². The average molecular weight is 523 g/mol. The van der Waals surface area contributed by atoms with Crippen molar-refractivity contribution in [1.29, 1.82) is 0 Å². The summed E-state index contributed by atoms with van der Waals surface area (Å²) in [6, 6.07) is 13.4. The van der Waals surface area contributed by atoms with Crippen molar-refractivity contribution in [2.45, 2.75) is 63.0 Å². The lowest BCUT2D eigenvalue weighted by Crippen LogP contribution is -2.52. The number of rotatable bonds is 4. The summed E-state index contributed by atoms with van der Waals surface area (Å²) >= 11 is 0. The standard InChI is InChI=1S/C27H30N4O5S/c1-19-18-29(27(33)36-23-7-4-3-5-8-23)26-17-22(11-14-25(26)31(19)20(2)32)21-9-12-24(13-10-21)37(34,35)30-16-6-15-28-30/h6,9-17,19,23H,3-5,7-8,18H2,1-2H3. The molecule has 0 spiro atoms. The van der Waals surface area contributed by atoms with Gasteiger partial charge in [0, 0.05) is 19.7 Å². The van der Waals surface area contributed by atoms with Crippen LogP contribution in [0.5, 0.6) is 0 Å². The lowest BCUT2D eigenvalue weighted by molar-refractivity contribution is -0.117. The zero-order chi connectivity index (χ0) is 26.2. The molecule has 0 radical (unpaired) electrons. The van der Waals surface area contributed by atoms with Crippen LogP contribution in [0.3, 0.4) is 0 Å². The Morgan fingerprint density at radius 3 is 2.32 bits per heavy atom. The maximum atomic E-state index is 13.3. The van der Waals surface area contributed by atoms with Gasteiger partial charge < -0.3 is 9.64 Å². The van der Waals surface area contributed by atoms with E-state index in [0.29, 0.717) is 17.9 Å². The first kappa shape index (κ1) is 25.0. The van der Waals surface area contributed by atoms with E-state index in [1.807, 2.05) is 25.1 Å². The molecular weight excluding hydrogens is 492 g/mol. The third-order valence-electron chi connectivity index (χ3n) is 7.00. The fourth-order valence-corrected chi connectivity index (χ4v) is 6.28. The number of amides is 2. The van der Waals surface area contributed by atoms with Crippen molar-refractivity contribution in [3.05, 3.63) is 60.9 Å². The summed E-state index contributed by atoms with van der Waals surface area (Å²) in [5, 5.41) is 3.83. The molecule has 37 heavy (non-hydrogen) atoms. The summed E-state index contributed by atoms with van der Waals surface area (Å²) in [6.45, 7) is 3.75. The molecule has 10 heteroatoms. The highest BCUT2D eigenvalue weighted by atomic mass is 32.2. The van der Waals surface area contributed by atoms with Crippen molar-refractivity contribution in [2.24, 2.45) is 0 Å². The minimum atomic E-state index is -3.77. The second-order valence-electron chi connectivity index (χ2n) is 9.60. The van der Waals surface area contributed by atoms with Gasteiger partial charge in [0.05, 0.1) is 28.5 Å². The third kappa shape index (κ3) is 4.85. The van der Waals surface area contributed by atoms with Crippen molar-refractivity contribution < 1.29 is 22.7 Å². The van der Waals surface area contributed by atoms with E-state index in [1.165, 1.54) is 31.5 Å². The van der Waals surface area contributed by atoms with E-state index in [4.69, 9.17) is 4.74 Å². The van der Waals surface area contributed by atoms with Crippen LogP contribution in [-0.4, -0.2) is 48.3 Å². The van der Waals surface area contributed by atoms with Gasteiger partial charge in [-0.3, -0.25) is 9.69 Å². The largest absolute Gasteiger partial charge is 0.446 e. The van der Waals surface area contributed by atoms with Gasteiger partial charge in [-0.05, 0) is 74.1 Å². The lowest BCUT2D eigenvalue weighted by atomic mass is 9.98. The minimum Gasteiger partial charge on any atom is -0.446 e. The zero-order valence-electron chi connectivity index (χ0n) is 20.9. The summed E-state index contributed by atoms with van der Waals surface area (Å²) in [4.78, 5) is 29.2. The molecule has 1 saturated carbocycles. The summed E-state index contributed by atoms with van der Waals surface area (Å²) in [7, 11) is -3.77. The minimum absolute atomic E-state index is 0.0849. The topological polar surface area (TPSA) is 102 Å². The summed E-state index contributed by atoms with van der Waals surface area (Å²) in [6.07, 6.45) is 7.32. The molecule has 1 unspecified atom stereocenters. The Balaban J connectivity index is 1.48. The molecule has 1 aliphatic carbocycles. The molecule has 1 aliphatic heterocycles. The molecule has 1 fully saturated rings. The Labute approximate surface area is 216 Å². The highest BCUT2D eigenvalue weighted by Gasteiger charge is 2.35. The molecular formula is C27H30N4O5S. The number of carbonyl (C=O) groups excluding carboxylic acids is 2. The Morgan fingerprint density at radius 1 is 0.973 bits per heavy atom. The van der Waals surface area contributed by atoms with Gasteiger partial charge in [-0.15, -0.1) is 0 Å². The van der Waals surface area contributed by atoms with Gasteiger partial charge in [0.25, 0.3) is 10.0 Å². The molecule has 2 aromatic carbocycles. The smallest absolute Gasteiger partial charge is 0.414 e. The Bertz CT molecular complexity index is 1400. The van der Waals surface area contributed by atoms with Gasteiger partial charge in [0.2, 0.25) is 5.91 Å². The monoisotopic (exact) mass is 522 g/mol. The van der Waals surface area contributed by atoms with Crippen LogP contribution in [0, 0.1) is 0 Å². The molecule has 1 atom stereocenters. The first-order chi connectivity index (χ1) is 17.8. The summed E-state index contributed by atoms with van der Waals surface area (Å²) in [5.41, 5.74) is 2.81. The van der Waals surface area contributed by atoms with Crippen LogP contribution in [0.2, 0.25) is 0 Å². The molecule has 9 nitrogen and oxygen atoms in total. The van der Waals surface area contributed by atoms with E-state index in [-0.39, 0.29) is 22.9 Å². The number of ether oxygens (including phenoxy) is 1. The maximum absolute atomic E-state index is 13.3. The van der Waals surface area contributed by atoms with Crippen molar-refractivity contribution in [1.82, 2.24) is 9.19 Å². The van der Waals surface area contributed by atoms with Crippen LogP contribution in [0.1, 0.15) is 46.0 Å². The van der Waals surface area contributed by atoms with E-state index < -0.39 is 16.1 Å². The molecule has 2 aliphatic rings. The molecule has 0 N–H and O–H groups in total. The fraction of sp³-hybridized carbons (Fsp3) is 0.370. The van der Waals surface area contributed by atoms with E-state index in [0.717, 1.165) is 47.3 Å². The van der Waals surface area contributed by atoms with Crippen LogP contribution >= 0.6 is 0 Å². The van der Waals surface area contributed by atoms with Crippen molar-refractivity contribution in [3.8, 4) is 11.1 Å². The van der Waals surface area contributed by atoms with Crippen molar-refractivity contribution in [3.63, 3.8) is 0 Å². The second-order valence-corrected chi connectivity index (χ2v) is 11.4. The van der Waals surface area contributed by atoms with E-state index >= 15 is 0 Å². The Kier molecular flexibility index (Phi) is 6.76. The molecule has 5 rings (SSSR count). The zero-order valence-corrected chi connectivity index (χ0v) is 21.7. The molecule has 0 saturated heterocycles. The lowest BCUT2D eigenvalue weighted by Gasteiger charge is -2.41. The van der Waals surface area contributed by atoms with Gasteiger partial charge in [-0.2, -0.15) is 17.6 Å². The number of nitrogens with zero attached hydrogens (tertiary/aromatic N) is 4. The number of fused-ring (bicyclic) bond motifs is 1. The number of hydrogen-bond acceptors (Lipinski definition) is 6. The van der Waals surface area contributed by atoms with Crippen LogP contribution in [-0.2, 0) is 19.6 Å². The fourth-order valence-electron chi connectivity index (χ4n) is 5.17. The quantitative estimate of drug-likeness (QED) is 0.487. The molecule has 1 aromatic heterocycles. The summed E-state index contributed by atoms with van der Waals surface area (Å²) in [5.74, 6) is -0.102. The van der Waals surface area contributed by atoms with E-state index in [2.05, 4.69) is 5.10 Å². The number of benzene rings is 2. The number of aromatic nitrogens is 2. The van der Waals surface area contributed by atoms with Crippen LogP contribution in [0.4, 0.5) is 16.2 Å². The highest BCUT2D eigenvalue weighted by molar-refractivity contribution is 7.89. The normalized spacial score (nSPS) is 18.4. The van der Waals surface area contributed by atoms with Crippen molar-refractivity contribution in [2.75, 3.05) is 16.3 Å². The van der Waals surface area contributed by atoms with Gasteiger partial charge in [0.15, 0.2) is 0 Å². The number of hydrogen-bond donors (Lipinski definition) is 0. The Hall–Kier alpha value is -3.66. The first-order valence-corrected chi connectivity index (χ1v) is 14.0. The molecule has 2 heterocycles. The second kappa shape index (κ2) is 10.0. The molecule has 194 valence electrons. The van der Waals surface area contributed by atoms with Gasteiger partial charge in [-0.1, -0.05) is 24.6 Å². The average Bonchev–Trinajstić information content (AvgIpc) is 3.44. The first-order valence-electron chi connectivity index (χ1n) is 12.5. The maximum Gasteiger partial charge on any atom is 0.414 e. The van der Waals surface area contributed by atoms with Crippen LogP contribution in [0.15, 0.2) is 65.8 Å². The Morgan fingerprint density at radius 2 is 1.68 bits per heavy atom. The van der Waals surface area contributed by atoms with E-state index in [9.17, 15) is 18.0 Å². The predicted molar refractivity (Wildman–Crippen MR) is 140 cm³/mol. The predicted octanol–water partition coefficient (Wildman–Crippen LogP) is 4.82. The third-order valence-corrected chi connectivity index (χ3v) is 8.58. The molecule has 3 aromatic rings. The highest BCUT2D eigenvalue weighted by Crippen LogP contribution is 2.39. The van der Waals surface area contributed by atoms with Gasteiger partial charge >= 0.3 is 6.09 Å².